The molecule has 0 atom stereocenters. The Morgan fingerprint density at radius 2 is 2.38 bits per heavy atom. The fourth-order valence-electron chi connectivity index (χ4n) is 1.07. The molecule has 0 saturated carbocycles. The van der Waals surface area contributed by atoms with Gasteiger partial charge in [0.2, 0.25) is 0 Å². The van der Waals surface area contributed by atoms with Crippen LogP contribution in [0.25, 0.3) is 5.65 Å². The summed E-state index contributed by atoms with van der Waals surface area (Å²) in [5, 5.41) is 0. The Bertz CT molecular complexity index is 478. The van der Waals surface area contributed by atoms with E-state index in [2.05, 4.69) is 25.9 Å². The molecule has 6 heteroatoms. The average Bonchev–Trinajstić information content (AvgIpc) is 2.49. The number of amides is 1. The lowest BCUT2D eigenvalue weighted by Crippen LogP contribution is -2.15. The van der Waals surface area contributed by atoms with Gasteiger partial charge in [0.05, 0.1) is 0 Å². The van der Waals surface area contributed by atoms with Crippen LogP contribution in [0.3, 0.4) is 0 Å². The molecule has 0 aliphatic heterocycles. The minimum atomic E-state index is -0.586. The molecule has 0 aliphatic rings. The molecule has 2 rings (SSSR count). The van der Waals surface area contributed by atoms with E-state index in [0.29, 0.717) is 10.3 Å². The van der Waals surface area contributed by atoms with E-state index >= 15 is 0 Å². The molecule has 0 bridgehead atoms. The van der Waals surface area contributed by atoms with Crippen molar-refractivity contribution in [2.24, 2.45) is 5.73 Å². The van der Waals surface area contributed by atoms with Crippen LogP contribution in [0, 0.1) is 0 Å². The van der Waals surface area contributed by atoms with Gasteiger partial charge in [-0.3, -0.25) is 4.79 Å². The van der Waals surface area contributed by atoms with Gasteiger partial charge in [0.1, 0.15) is 4.60 Å². The number of hydrogen-bond donors (Lipinski definition) is 1. The highest BCUT2D eigenvalue weighted by Gasteiger charge is 2.10. The van der Waals surface area contributed by atoms with Gasteiger partial charge in [0.25, 0.3) is 5.91 Å². The number of nitrogens with zero attached hydrogens (tertiary/aromatic N) is 3. The minimum absolute atomic E-state index is 0.166. The monoisotopic (exact) mass is 240 g/mol. The Kier molecular flexibility index (Phi) is 1.77. The van der Waals surface area contributed by atoms with Crippen LogP contribution in [0.15, 0.2) is 23.2 Å². The van der Waals surface area contributed by atoms with Gasteiger partial charge in [-0.25, -0.2) is 9.97 Å². The molecule has 2 aromatic heterocycles. The van der Waals surface area contributed by atoms with E-state index in [0.717, 1.165) is 0 Å². The maximum Gasteiger partial charge on any atom is 0.271 e. The first kappa shape index (κ1) is 8.18. The fourth-order valence-corrected chi connectivity index (χ4v) is 1.46. The van der Waals surface area contributed by atoms with Crippen LogP contribution in [0.5, 0.6) is 0 Å². The average molecular weight is 241 g/mol. The number of nitrogens with two attached hydrogens (primary N) is 1. The van der Waals surface area contributed by atoms with Crippen LogP contribution in [0.2, 0.25) is 0 Å². The lowest BCUT2D eigenvalue weighted by molar-refractivity contribution is 0.0996. The second-order valence-corrected chi connectivity index (χ2v) is 3.25. The molecule has 0 radical (unpaired) electrons. The molecule has 2 heterocycles. The highest BCUT2D eigenvalue weighted by atomic mass is 79.9. The van der Waals surface area contributed by atoms with Crippen LogP contribution in [-0.4, -0.2) is 20.3 Å². The fraction of sp³-hybridized carbons (Fsp3) is 0. The summed E-state index contributed by atoms with van der Waals surface area (Å²) in [6, 6.07) is 0. The normalized spacial score (nSPS) is 10.5. The van der Waals surface area contributed by atoms with E-state index in [-0.39, 0.29) is 5.69 Å². The van der Waals surface area contributed by atoms with E-state index in [4.69, 9.17) is 5.73 Å². The van der Waals surface area contributed by atoms with Crippen LogP contribution in [0.1, 0.15) is 10.5 Å². The number of halogens is 1. The maximum absolute atomic E-state index is 11.0. The second-order valence-electron chi connectivity index (χ2n) is 2.43. The Morgan fingerprint density at radius 3 is 3.08 bits per heavy atom. The third kappa shape index (κ3) is 1.29. The molecular formula is C7H5BrN4O. The Balaban J connectivity index is 2.84. The number of primary amides is 1. The zero-order chi connectivity index (χ0) is 9.42. The largest absolute Gasteiger partial charge is 0.364 e. The van der Waals surface area contributed by atoms with Crippen molar-refractivity contribution in [1.82, 2.24) is 14.4 Å². The van der Waals surface area contributed by atoms with Crippen molar-refractivity contribution in [3.63, 3.8) is 0 Å². The van der Waals surface area contributed by atoms with Crippen molar-refractivity contribution in [2.75, 3.05) is 0 Å². The lowest BCUT2D eigenvalue weighted by atomic mass is 10.4. The SMILES string of the molecule is NC(=O)c1nc(Br)cn2ccnc12. The number of carbonyl (C=O) groups excluding carboxylic acids is 1. The Hall–Kier alpha value is -1.43. The molecule has 1 amide bonds. The number of aromatic nitrogens is 3. The van der Waals surface area contributed by atoms with Crippen molar-refractivity contribution in [2.45, 2.75) is 0 Å². The molecule has 0 spiro atoms. The summed E-state index contributed by atoms with van der Waals surface area (Å²) in [5.74, 6) is -0.586. The van der Waals surface area contributed by atoms with Crippen molar-refractivity contribution in [3.05, 3.63) is 28.9 Å². The number of hydrogen-bond acceptors (Lipinski definition) is 3. The van der Waals surface area contributed by atoms with E-state index in [1.165, 1.54) is 0 Å². The molecular weight excluding hydrogens is 236 g/mol. The number of rotatable bonds is 1. The summed E-state index contributed by atoms with van der Waals surface area (Å²) >= 11 is 3.17. The summed E-state index contributed by atoms with van der Waals surface area (Å²) in [6.07, 6.45) is 5.00. The highest BCUT2D eigenvalue weighted by molar-refractivity contribution is 9.10. The van der Waals surface area contributed by atoms with Gasteiger partial charge in [-0.15, -0.1) is 0 Å². The van der Waals surface area contributed by atoms with Crippen LogP contribution in [-0.2, 0) is 0 Å². The summed E-state index contributed by atoms with van der Waals surface area (Å²) in [6.45, 7) is 0. The summed E-state index contributed by atoms with van der Waals surface area (Å²) < 4.78 is 2.23. The second kappa shape index (κ2) is 2.81. The van der Waals surface area contributed by atoms with Crippen molar-refractivity contribution in [3.8, 4) is 0 Å². The number of imidazole rings is 1. The van der Waals surface area contributed by atoms with Gasteiger partial charge in [-0.2, -0.15) is 0 Å². The minimum Gasteiger partial charge on any atom is -0.364 e. The predicted molar refractivity (Wildman–Crippen MR) is 49.2 cm³/mol. The quantitative estimate of drug-likeness (QED) is 0.793. The molecule has 2 aromatic rings. The van der Waals surface area contributed by atoms with Gasteiger partial charge < -0.3 is 10.1 Å². The van der Waals surface area contributed by atoms with Gasteiger partial charge >= 0.3 is 0 Å². The lowest BCUT2D eigenvalue weighted by Gasteiger charge is -1.99. The first-order valence-corrected chi connectivity index (χ1v) is 4.27. The first-order valence-electron chi connectivity index (χ1n) is 3.47. The molecule has 2 N–H and O–H groups in total. The van der Waals surface area contributed by atoms with E-state index in [1.807, 2.05) is 0 Å². The van der Waals surface area contributed by atoms with Crippen LogP contribution < -0.4 is 5.73 Å². The third-order valence-corrected chi connectivity index (χ3v) is 1.96. The van der Waals surface area contributed by atoms with Crippen molar-refractivity contribution in [1.29, 1.82) is 0 Å². The molecule has 0 unspecified atom stereocenters. The standard InChI is InChI=1S/C7H5BrN4O/c8-4-3-12-2-1-10-7(12)5(11-4)6(9)13/h1-3H,(H2,9,13). The van der Waals surface area contributed by atoms with Crippen LogP contribution >= 0.6 is 15.9 Å². The number of fused-ring (bicyclic) bond motifs is 1. The Morgan fingerprint density at radius 1 is 1.62 bits per heavy atom. The van der Waals surface area contributed by atoms with Crippen molar-refractivity contribution < 1.29 is 4.79 Å². The molecule has 0 aliphatic carbocycles. The Labute approximate surface area is 81.7 Å². The molecule has 66 valence electrons. The molecule has 0 aromatic carbocycles. The predicted octanol–water partition coefficient (Wildman–Crippen LogP) is 0.591. The summed E-state index contributed by atoms with van der Waals surface area (Å²) in [5.41, 5.74) is 5.77. The van der Waals surface area contributed by atoms with Crippen molar-refractivity contribution >= 4 is 27.5 Å². The topological polar surface area (TPSA) is 73.3 Å². The third-order valence-electron chi connectivity index (χ3n) is 1.58. The molecule has 5 nitrogen and oxygen atoms in total. The molecule has 0 saturated heterocycles. The summed E-state index contributed by atoms with van der Waals surface area (Å²) in [4.78, 5) is 18.8. The van der Waals surface area contributed by atoms with Crippen LogP contribution in [0.4, 0.5) is 0 Å². The smallest absolute Gasteiger partial charge is 0.271 e. The summed E-state index contributed by atoms with van der Waals surface area (Å²) in [7, 11) is 0. The van der Waals surface area contributed by atoms with Gasteiger partial charge in [-0.05, 0) is 15.9 Å². The molecule has 13 heavy (non-hydrogen) atoms. The van der Waals surface area contributed by atoms with E-state index in [1.54, 1.807) is 23.0 Å². The number of carbonyl (C=O) groups is 1. The van der Waals surface area contributed by atoms with E-state index < -0.39 is 5.91 Å². The van der Waals surface area contributed by atoms with Gasteiger partial charge in [0, 0.05) is 18.6 Å². The van der Waals surface area contributed by atoms with E-state index in [9.17, 15) is 4.79 Å². The zero-order valence-electron chi connectivity index (χ0n) is 6.44. The zero-order valence-corrected chi connectivity index (χ0v) is 8.02. The highest BCUT2D eigenvalue weighted by Crippen LogP contribution is 2.11. The first-order chi connectivity index (χ1) is 6.18. The maximum atomic E-state index is 11.0. The van der Waals surface area contributed by atoms with Gasteiger partial charge in [0.15, 0.2) is 11.3 Å². The molecule has 0 fully saturated rings. The van der Waals surface area contributed by atoms with Gasteiger partial charge in [-0.1, -0.05) is 0 Å².